The van der Waals surface area contributed by atoms with Gasteiger partial charge in [-0.05, 0) is 30.9 Å². The van der Waals surface area contributed by atoms with E-state index in [9.17, 15) is 9.59 Å². The second-order valence-electron chi connectivity index (χ2n) is 6.80. The molecule has 0 saturated carbocycles. The van der Waals surface area contributed by atoms with Gasteiger partial charge in [0.15, 0.2) is 12.2 Å². The van der Waals surface area contributed by atoms with Crippen LogP contribution in [0.15, 0.2) is 58.3 Å². The minimum absolute atomic E-state index is 0.0552. The van der Waals surface area contributed by atoms with Gasteiger partial charge in [0.2, 0.25) is 0 Å². The summed E-state index contributed by atoms with van der Waals surface area (Å²) in [5.41, 5.74) is 2.95. The second kappa shape index (κ2) is 8.36. The first-order valence-electron chi connectivity index (χ1n) is 9.88. The molecule has 0 N–H and O–H groups in total. The first kappa shape index (κ1) is 19.6. The van der Waals surface area contributed by atoms with E-state index in [2.05, 4.69) is 29.1 Å². The predicted molar refractivity (Wildman–Crippen MR) is 110 cm³/mol. The van der Waals surface area contributed by atoms with Gasteiger partial charge < -0.3 is 13.7 Å². The van der Waals surface area contributed by atoms with Crippen LogP contribution >= 0.6 is 0 Å². The SMILES string of the molecule is CCOC(=O)c1cn(CCc2ccccc2CC)c2cc(-c3cnco3)nn2c1=O. The number of hydrogen-bond donors (Lipinski definition) is 0. The molecule has 8 heteroatoms. The van der Waals surface area contributed by atoms with Crippen LogP contribution in [-0.2, 0) is 24.1 Å². The molecule has 0 bridgehead atoms. The van der Waals surface area contributed by atoms with Crippen molar-refractivity contribution in [3.63, 3.8) is 0 Å². The zero-order valence-electron chi connectivity index (χ0n) is 16.9. The summed E-state index contributed by atoms with van der Waals surface area (Å²) < 4.78 is 13.5. The van der Waals surface area contributed by atoms with E-state index in [4.69, 9.17) is 9.15 Å². The van der Waals surface area contributed by atoms with Crippen LogP contribution < -0.4 is 5.56 Å². The first-order valence-corrected chi connectivity index (χ1v) is 9.88. The summed E-state index contributed by atoms with van der Waals surface area (Å²) in [5, 5.41) is 4.35. The lowest BCUT2D eigenvalue weighted by Gasteiger charge is -2.13. The molecular weight excluding hydrogens is 384 g/mol. The van der Waals surface area contributed by atoms with E-state index >= 15 is 0 Å². The molecule has 3 aromatic heterocycles. The number of esters is 1. The molecule has 1 aromatic carbocycles. The highest BCUT2D eigenvalue weighted by atomic mass is 16.5. The van der Waals surface area contributed by atoms with Gasteiger partial charge in [-0.2, -0.15) is 9.61 Å². The number of benzene rings is 1. The van der Waals surface area contributed by atoms with Gasteiger partial charge in [0.05, 0.1) is 12.8 Å². The lowest BCUT2D eigenvalue weighted by atomic mass is 10.0. The van der Waals surface area contributed by atoms with Crippen LogP contribution in [0.1, 0.15) is 35.3 Å². The van der Waals surface area contributed by atoms with E-state index in [1.54, 1.807) is 19.2 Å². The number of aromatic nitrogens is 4. The Morgan fingerprint density at radius 2 is 2.00 bits per heavy atom. The number of carbonyl (C=O) groups is 1. The van der Waals surface area contributed by atoms with Crippen LogP contribution in [-0.4, -0.2) is 31.7 Å². The van der Waals surface area contributed by atoms with Gasteiger partial charge in [-0.3, -0.25) is 4.79 Å². The molecule has 0 fully saturated rings. The number of aryl methyl sites for hydroxylation is 3. The molecule has 0 atom stereocenters. The summed E-state index contributed by atoms with van der Waals surface area (Å²) in [6.07, 6.45) is 6.06. The number of oxazole rings is 1. The van der Waals surface area contributed by atoms with Gasteiger partial charge >= 0.3 is 5.97 Å². The summed E-state index contributed by atoms with van der Waals surface area (Å²) >= 11 is 0. The average molecular weight is 406 g/mol. The van der Waals surface area contributed by atoms with Gasteiger partial charge in [-0.1, -0.05) is 31.2 Å². The molecule has 0 aliphatic rings. The van der Waals surface area contributed by atoms with Crippen molar-refractivity contribution in [1.82, 2.24) is 19.2 Å². The number of nitrogens with zero attached hydrogens (tertiary/aromatic N) is 4. The highest BCUT2D eigenvalue weighted by Crippen LogP contribution is 2.19. The Morgan fingerprint density at radius 3 is 2.70 bits per heavy atom. The van der Waals surface area contributed by atoms with Gasteiger partial charge in [0, 0.05) is 18.8 Å². The fourth-order valence-corrected chi connectivity index (χ4v) is 3.49. The fourth-order valence-electron chi connectivity index (χ4n) is 3.49. The molecule has 0 aliphatic heterocycles. The average Bonchev–Trinajstić information content (AvgIpc) is 3.44. The Labute approximate surface area is 172 Å². The van der Waals surface area contributed by atoms with Gasteiger partial charge in [0.25, 0.3) is 5.56 Å². The molecule has 0 aliphatic carbocycles. The van der Waals surface area contributed by atoms with Crippen molar-refractivity contribution in [2.24, 2.45) is 0 Å². The first-order chi connectivity index (χ1) is 14.6. The summed E-state index contributed by atoms with van der Waals surface area (Å²) in [6.45, 7) is 4.57. The second-order valence-corrected chi connectivity index (χ2v) is 6.80. The minimum Gasteiger partial charge on any atom is -0.462 e. The third-order valence-electron chi connectivity index (χ3n) is 4.99. The van der Waals surface area contributed by atoms with Gasteiger partial charge in [-0.25, -0.2) is 9.78 Å². The zero-order chi connectivity index (χ0) is 21.1. The number of rotatable bonds is 7. The molecule has 4 aromatic rings. The maximum Gasteiger partial charge on any atom is 0.345 e. The fraction of sp³-hybridized carbons (Fsp3) is 0.273. The number of fused-ring (bicyclic) bond motifs is 1. The normalized spacial score (nSPS) is 11.1. The maximum absolute atomic E-state index is 12.9. The summed E-state index contributed by atoms with van der Waals surface area (Å²) in [7, 11) is 0. The Balaban J connectivity index is 1.80. The third-order valence-corrected chi connectivity index (χ3v) is 4.99. The topological polar surface area (TPSA) is 91.6 Å². The smallest absolute Gasteiger partial charge is 0.345 e. The molecular formula is C22H22N4O4. The standard InChI is InChI=1S/C22H22N4O4/c1-3-15-7-5-6-8-16(15)9-10-25-13-17(22(28)29-4-2)21(27)26-20(25)11-18(24-26)19-12-23-14-30-19/h5-8,11-14H,3-4,9-10H2,1-2H3. The number of carbonyl (C=O) groups excluding carboxylic acids is 1. The van der Waals surface area contributed by atoms with Crippen LogP contribution in [0.2, 0.25) is 0 Å². The van der Waals surface area contributed by atoms with E-state index in [-0.39, 0.29) is 12.2 Å². The van der Waals surface area contributed by atoms with E-state index in [0.717, 1.165) is 12.8 Å². The van der Waals surface area contributed by atoms with Crippen molar-refractivity contribution >= 4 is 11.6 Å². The van der Waals surface area contributed by atoms with Crippen molar-refractivity contribution in [3.8, 4) is 11.5 Å². The number of ether oxygens (including phenoxy) is 1. The lowest BCUT2D eigenvalue weighted by molar-refractivity contribution is 0.0522. The molecule has 0 amide bonds. The maximum atomic E-state index is 12.9. The van der Waals surface area contributed by atoms with Crippen LogP contribution in [0.3, 0.4) is 0 Å². The Kier molecular flexibility index (Phi) is 5.47. The van der Waals surface area contributed by atoms with E-state index in [1.807, 2.05) is 16.7 Å². The molecule has 0 unspecified atom stereocenters. The molecule has 0 spiro atoms. The number of hydrogen-bond acceptors (Lipinski definition) is 6. The predicted octanol–water partition coefficient (Wildman–Crippen LogP) is 3.13. The van der Waals surface area contributed by atoms with Crippen LogP contribution in [0.25, 0.3) is 17.1 Å². The summed E-state index contributed by atoms with van der Waals surface area (Å²) in [4.78, 5) is 29.2. The largest absolute Gasteiger partial charge is 0.462 e. The third kappa shape index (κ3) is 3.63. The Bertz CT molecular complexity index is 1240. The highest BCUT2D eigenvalue weighted by molar-refractivity contribution is 5.89. The van der Waals surface area contributed by atoms with E-state index in [0.29, 0.717) is 23.6 Å². The van der Waals surface area contributed by atoms with Gasteiger partial charge in [-0.15, -0.1) is 0 Å². The lowest BCUT2D eigenvalue weighted by Crippen LogP contribution is -2.27. The monoisotopic (exact) mass is 406 g/mol. The molecule has 30 heavy (non-hydrogen) atoms. The minimum atomic E-state index is -0.663. The van der Waals surface area contributed by atoms with Gasteiger partial charge in [0.1, 0.15) is 16.9 Å². The van der Waals surface area contributed by atoms with Crippen molar-refractivity contribution in [2.45, 2.75) is 33.2 Å². The molecule has 8 nitrogen and oxygen atoms in total. The molecule has 154 valence electrons. The summed E-state index contributed by atoms with van der Waals surface area (Å²) in [6, 6.07) is 10.0. The van der Waals surface area contributed by atoms with Crippen LogP contribution in [0.5, 0.6) is 0 Å². The van der Waals surface area contributed by atoms with Crippen molar-refractivity contribution in [1.29, 1.82) is 0 Å². The Morgan fingerprint density at radius 1 is 1.20 bits per heavy atom. The quantitative estimate of drug-likeness (QED) is 0.438. The van der Waals surface area contributed by atoms with Crippen LogP contribution in [0.4, 0.5) is 0 Å². The van der Waals surface area contributed by atoms with Crippen LogP contribution in [0, 0.1) is 0 Å². The Hall–Kier alpha value is -3.68. The van der Waals surface area contributed by atoms with E-state index in [1.165, 1.54) is 28.2 Å². The molecule has 0 radical (unpaired) electrons. The van der Waals surface area contributed by atoms with Crippen molar-refractivity contribution in [3.05, 3.63) is 76.2 Å². The van der Waals surface area contributed by atoms with Crippen molar-refractivity contribution in [2.75, 3.05) is 6.61 Å². The highest BCUT2D eigenvalue weighted by Gasteiger charge is 2.20. The van der Waals surface area contributed by atoms with Crippen molar-refractivity contribution < 1.29 is 13.9 Å². The molecule has 3 heterocycles. The summed E-state index contributed by atoms with van der Waals surface area (Å²) in [5.74, 6) is -0.220. The molecule has 0 saturated heterocycles. The van der Waals surface area contributed by atoms with E-state index < -0.39 is 11.5 Å². The molecule has 4 rings (SSSR count). The zero-order valence-corrected chi connectivity index (χ0v) is 16.9.